The Bertz CT molecular complexity index is 564. The van der Waals surface area contributed by atoms with Crippen LogP contribution in [0.3, 0.4) is 0 Å². The van der Waals surface area contributed by atoms with E-state index in [-0.39, 0.29) is 24.7 Å². The number of aryl methyl sites for hydroxylation is 1. The average Bonchev–Trinajstić information content (AvgIpc) is 2.67. The van der Waals surface area contributed by atoms with E-state index in [0.29, 0.717) is 19.7 Å². The fourth-order valence-electron chi connectivity index (χ4n) is 3.89. The maximum absolute atomic E-state index is 12.2. The van der Waals surface area contributed by atoms with Crippen molar-refractivity contribution in [2.75, 3.05) is 32.8 Å². The number of benzene rings is 1. The zero-order valence-corrected chi connectivity index (χ0v) is 15.0. The van der Waals surface area contributed by atoms with Crippen molar-refractivity contribution < 1.29 is 14.6 Å². The van der Waals surface area contributed by atoms with Crippen LogP contribution in [0.2, 0.25) is 0 Å². The van der Waals surface area contributed by atoms with Gasteiger partial charge in [0.15, 0.2) is 0 Å². The molecule has 1 aromatic carbocycles. The quantitative estimate of drug-likeness (QED) is 0.779. The Morgan fingerprint density at radius 3 is 3.04 bits per heavy atom. The van der Waals surface area contributed by atoms with Crippen molar-refractivity contribution in [1.82, 2.24) is 10.2 Å². The van der Waals surface area contributed by atoms with Gasteiger partial charge in [-0.2, -0.15) is 0 Å². The minimum absolute atomic E-state index is 0.0128. The highest BCUT2D eigenvalue weighted by Crippen LogP contribution is 2.32. The highest BCUT2D eigenvalue weighted by atomic mass is 16.5. The van der Waals surface area contributed by atoms with E-state index in [0.717, 1.165) is 38.6 Å². The molecule has 0 saturated carbocycles. The van der Waals surface area contributed by atoms with Crippen LogP contribution in [-0.4, -0.2) is 48.9 Å². The zero-order chi connectivity index (χ0) is 17.5. The van der Waals surface area contributed by atoms with Crippen molar-refractivity contribution >= 4 is 6.03 Å². The molecule has 1 aliphatic carbocycles. The first-order chi connectivity index (χ1) is 12.3. The van der Waals surface area contributed by atoms with Gasteiger partial charge in [-0.15, -0.1) is 0 Å². The molecule has 2 unspecified atom stereocenters. The molecule has 1 aromatic rings. The molecule has 2 atom stereocenters. The highest BCUT2D eigenvalue weighted by molar-refractivity contribution is 5.74. The molecule has 2 aliphatic rings. The molecule has 1 heterocycles. The molecule has 2 amide bonds. The van der Waals surface area contributed by atoms with Gasteiger partial charge in [0.2, 0.25) is 0 Å². The lowest BCUT2D eigenvalue weighted by atomic mass is 9.89. The summed E-state index contributed by atoms with van der Waals surface area (Å²) in [5.41, 5.74) is 2.75. The third-order valence-corrected chi connectivity index (χ3v) is 5.30. The lowest BCUT2D eigenvalue weighted by Crippen LogP contribution is -2.46. The Hall–Kier alpha value is -1.59. The average molecular weight is 346 g/mol. The second kappa shape index (κ2) is 9.20. The van der Waals surface area contributed by atoms with E-state index in [4.69, 9.17) is 4.74 Å². The fraction of sp³-hybridized carbons (Fsp3) is 0.650. The van der Waals surface area contributed by atoms with Crippen molar-refractivity contribution in [3.05, 3.63) is 35.4 Å². The standard InChI is InChI=1S/C20H30N2O3/c23-15-16-6-4-12-22(14-16)20(24)21-11-5-13-25-19-10-3-8-17-7-1-2-9-18(17)19/h1-2,7,9,16,19,23H,3-6,8,10-15H2,(H,21,24). The molecule has 5 heteroatoms. The van der Waals surface area contributed by atoms with Crippen LogP contribution in [0.25, 0.3) is 0 Å². The number of aliphatic hydroxyl groups excluding tert-OH is 1. The predicted molar refractivity (Wildman–Crippen MR) is 97.5 cm³/mol. The van der Waals surface area contributed by atoms with Crippen LogP contribution in [0.4, 0.5) is 4.79 Å². The van der Waals surface area contributed by atoms with Crippen LogP contribution >= 0.6 is 0 Å². The van der Waals surface area contributed by atoms with Gasteiger partial charge in [0.1, 0.15) is 0 Å². The number of hydrogen-bond donors (Lipinski definition) is 2. The van der Waals surface area contributed by atoms with Crippen LogP contribution in [0.1, 0.15) is 49.3 Å². The number of nitrogens with zero attached hydrogens (tertiary/aromatic N) is 1. The number of urea groups is 1. The summed E-state index contributed by atoms with van der Waals surface area (Å²) in [4.78, 5) is 14.0. The van der Waals surface area contributed by atoms with Gasteiger partial charge in [0, 0.05) is 32.8 Å². The zero-order valence-electron chi connectivity index (χ0n) is 15.0. The molecule has 138 valence electrons. The molecule has 1 fully saturated rings. The maximum Gasteiger partial charge on any atom is 0.317 e. The number of fused-ring (bicyclic) bond motifs is 1. The van der Waals surface area contributed by atoms with Gasteiger partial charge in [-0.1, -0.05) is 24.3 Å². The van der Waals surface area contributed by atoms with Crippen LogP contribution in [0.15, 0.2) is 24.3 Å². The van der Waals surface area contributed by atoms with E-state index in [1.807, 2.05) is 4.90 Å². The normalized spacial score (nSPS) is 23.2. The highest BCUT2D eigenvalue weighted by Gasteiger charge is 2.23. The van der Waals surface area contributed by atoms with Gasteiger partial charge in [-0.25, -0.2) is 4.79 Å². The molecule has 3 rings (SSSR count). The van der Waals surface area contributed by atoms with E-state index in [2.05, 4.69) is 29.6 Å². The lowest BCUT2D eigenvalue weighted by Gasteiger charge is -2.31. The Kier molecular flexibility index (Phi) is 6.70. The van der Waals surface area contributed by atoms with E-state index in [1.54, 1.807) is 0 Å². The van der Waals surface area contributed by atoms with E-state index < -0.39 is 0 Å². The predicted octanol–water partition coefficient (Wildman–Crippen LogP) is 2.88. The third-order valence-electron chi connectivity index (χ3n) is 5.30. The Labute approximate surface area is 150 Å². The Morgan fingerprint density at radius 1 is 1.28 bits per heavy atom. The Balaban J connectivity index is 1.35. The smallest absolute Gasteiger partial charge is 0.317 e. The first kappa shape index (κ1) is 18.2. The summed E-state index contributed by atoms with van der Waals surface area (Å²) >= 11 is 0. The molecule has 5 nitrogen and oxygen atoms in total. The van der Waals surface area contributed by atoms with Gasteiger partial charge in [0.25, 0.3) is 0 Å². The molecule has 0 spiro atoms. The minimum atomic E-state index is -0.0128. The number of nitrogens with one attached hydrogen (secondary N) is 1. The summed E-state index contributed by atoms with van der Waals surface area (Å²) in [6, 6.07) is 8.54. The van der Waals surface area contributed by atoms with Crippen LogP contribution in [0.5, 0.6) is 0 Å². The largest absolute Gasteiger partial charge is 0.396 e. The van der Waals surface area contributed by atoms with Crippen LogP contribution < -0.4 is 5.32 Å². The number of likely N-dealkylation sites (tertiary alicyclic amines) is 1. The van der Waals surface area contributed by atoms with Crippen molar-refractivity contribution in [2.24, 2.45) is 5.92 Å². The molecule has 2 N–H and O–H groups in total. The molecule has 0 aromatic heterocycles. The molecular weight excluding hydrogens is 316 g/mol. The summed E-state index contributed by atoms with van der Waals surface area (Å²) in [6.45, 7) is 2.92. The van der Waals surface area contributed by atoms with E-state index in [9.17, 15) is 9.90 Å². The molecule has 25 heavy (non-hydrogen) atoms. The van der Waals surface area contributed by atoms with Crippen molar-refractivity contribution in [3.63, 3.8) is 0 Å². The molecule has 0 bridgehead atoms. The van der Waals surface area contributed by atoms with Gasteiger partial charge in [-0.05, 0) is 55.6 Å². The van der Waals surface area contributed by atoms with Crippen molar-refractivity contribution in [2.45, 2.75) is 44.6 Å². The second-order valence-corrected chi connectivity index (χ2v) is 7.17. The number of rotatable bonds is 6. The first-order valence-corrected chi connectivity index (χ1v) is 9.61. The van der Waals surface area contributed by atoms with Gasteiger partial charge >= 0.3 is 6.03 Å². The van der Waals surface area contributed by atoms with E-state index in [1.165, 1.54) is 17.5 Å². The van der Waals surface area contributed by atoms with Gasteiger partial charge in [-0.3, -0.25) is 0 Å². The molecular formula is C20H30N2O3. The number of hydrogen-bond acceptors (Lipinski definition) is 3. The number of aliphatic hydroxyl groups is 1. The molecule has 1 aliphatic heterocycles. The third kappa shape index (κ3) is 4.95. The molecule has 1 saturated heterocycles. The van der Waals surface area contributed by atoms with Gasteiger partial charge < -0.3 is 20.1 Å². The number of carbonyl (C=O) groups excluding carboxylic acids is 1. The summed E-state index contributed by atoms with van der Waals surface area (Å²) in [5.74, 6) is 0.231. The maximum atomic E-state index is 12.2. The van der Waals surface area contributed by atoms with Crippen molar-refractivity contribution in [1.29, 1.82) is 0 Å². The molecule has 0 radical (unpaired) electrons. The topological polar surface area (TPSA) is 61.8 Å². The monoisotopic (exact) mass is 346 g/mol. The van der Waals surface area contributed by atoms with Crippen LogP contribution in [-0.2, 0) is 11.2 Å². The van der Waals surface area contributed by atoms with Crippen molar-refractivity contribution in [3.8, 4) is 0 Å². The summed E-state index contributed by atoms with van der Waals surface area (Å²) in [5, 5.41) is 12.2. The first-order valence-electron chi connectivity index (χ1n) is 9.61. The van der Waals surface area contributed by atoms with E-state index >= 15 is 0 Å². The lowest BCUT2D eigenvalue weighted by molar-refractivity contribution is 0.0394. The Morgan fingerprint density at radius 2 is 2.16 bits per heavy atom. The fourth-order valence-corrected chi connectivity index (χ4v) is 3.89. The number of piperidine rings is 1. The second-order valence-electron chi connectivity index (χ2n) is 7.17. The summed E-state index contributed by atoms with van der Waals surface area (Å²) in [7, 11) is 0. The summed E-state index contributed by atoms with van der Waals surface area (Å²) < 4.78 is 6.07. The SMILES string of the molecule is O=C(NCCCOC1CCCc2ccccc21)N1CCCC(CO)C1. The minimum Gasteiger partial charge on any atom is -0.396 e. The summed E-state index contributed by atoms with van der Waals surface area (Å²) in [6.07, 6.45) is 6.42. The number of carbonyl (C=O) groups is 1. The number of ether oxygens (including phenoxy) is 1. The van der Waals surface area contributed by atoms with Crippen LogP contribution in [0, 0.1) is 5.92 Å². The number of amides is 2. The van der Waals surface area contributed by atoms with Gasteiger partial charge in [0.05, 0.1) is 6.10 Å².